The molecule has 0 rings (SSSR count). The first-order valence-corrected chi connectivity index (χ1v) is 5.31. The van der Waals surface area contributed by atoms with E-state index in [1.807, 2.05) is 25.7 Å². The minimum Gasteiger partial charge on any atom is -0.335 e. The van der Waals surface area contributed by atoms with Gasteiger partial charge in [-0.05, 0) is 34.6 Å². The molecule has 0 saturated carbocycles. The fraction of sp³-hybridized carbons (Fsp3) is 0.923. The first-order chi connectivity index (χ1) is 5.98. The second-order valence-electron chi connectivity index (χ2n) is 6.19. The average molecular weight is 215 g/mol. The van der Waals surface area contributed by atoms with Crippen LogP contribution in [0, 0.1) is 5.41 Å². The van der Waals surface area contributed by atoms with Crippen molar-refractivity contribution < 1.29 is 4.79 Å². The Balaban J connectivity index is 0. The molecule has 0 aliphatic carbocycles. The Kier molecular flexibility index (Phi) is 5.63. The number of carbonyl (C=O) groups is 1. The monoisotopic (exact) mass is 215 g/mol. The summed E-state index contributed by atoms with van der Waals surface area (Å²) in [5, 5.41) is 0. The van der Waals surface area contributed by atoms with Gasteiger partial charge in [-0.3, -0.25) is 4.79 Å². The van der Waals surface area contributed by atoms with Crippen LogP contribution in [0.3, 0.4) is 0 Å². The summed E-state index contributed by atoms with van der Waals surface area (Å²) in [6.07, 6.45) is 0. The van der Waals surface area contributed by atoms with Gasteiger partial charge in [0.05, 0.1) is 0 Å². The zero-order valence-electron chi connectivity index (χ0n) is 10.9. The molecule has 0 radical (unpaired) electrons. The summed E-state index contributed by atoms with van der Waals surface area (Å²) in [4.78, 5) is 14.1. The molecule has 1 amide bonds. The van der Waals surface area contributed by atoms with Gasteiger partial charge in [0.1, 0.15) is 0 Å². The number of carbonyl (C=O) groups excluding carboxylic acids is 1. The summed E-state index contributed by atoms with van der Waals surface area (Å²) < 4.78 is 0. The second kappa shape index (κ2) is 5.00. The lowest BCUT2D eigenvalue weighted by molar-refractivity contribution is -0.146. The predicted octanol–water partition coefficient (Wildman–Crippen LogP) is 3.70. The van der Waals surface area contributed by atoms with Gasteiger partial charge in [0, 0.05) is 17.0 Å². The van der Waals surface area contributed by atoms with Crippen molar-refractivity contribution in [2.45, 2.75) is 74.4 Å². The van der Waals surface area contributed by atoms with Crippen molar-refractivity contribution in [1.29, 1.82) is 0 Å². The van der Waals surface area contributed by atoms with Crippen LogP contribution >= 0.6 is 0 Å². The Labute approximate surface area is 96.0 Å². The minimum absolute atomic E-state index is 0. The minimum atomic E-state index is -0.294. The summed E-state index contributed by atoms with van der Waals surface area (Å²) in [6.45, 7) is 16.3. The van der Waals surface area contributed by atoms with Gasteiger partial charge in [0.15, 0.2) is 0 Å². The summed E-state index contributed by atoms with van der Waals surface area (Å²) in [5.74, 6) is 0.222. The van der Waals surface area contributed by atoms with E-state index >= 15 is 0 Å². The van der Waals surface area contributed by atoms with Gasteiger partial charge in [-0.25, -0.2) is 0 Å². The SMILES string of the molecule is C.CC(C)N(C(=O)C(C)(C)C)C(C)(C)C. The fourth-order valence-corrected chi connectivity index (χ4v) is 1.68. The van der Waals surface area contributed by atoms with Crippen LogP contribution in [-0.2, 0) is 4.79 Å². The molecule has 0 saturated heterocycles. The van der Waals surface area contributed by atoms with Crippen molar-refractivity contribution in [1.82, 2.24) is 4.90 Å². The molecule has 0 aromatic carbocycles. The number of rotatable bonds is 1. The van der Waals surface area contributed by atoms with Crippen LogP contribution in [0.2, 0.25) is 0 Å². The van der Waals surface area contributed by atoms with Crippen LogP contribution in [0.1, 0.15) is 62.8 Å². The molecule has 15 heavy (non-hydrogen) atoms. The Morgan fingerprint density at radius 1 is 1.00 bits per heavy atom. The van der Waals surface area contributed by atoms with E-state index in [0.717, 1.165) is 0 Å². The van der Waals surface area contributed by atoms with Crippen LogP contribution in [-0.4, -0.2) is 22.4 Å². The molecule has 0 aromatic rings. The maximum Gasteiger partial charge on any atom is 0.228 e. The second-order valence-corrected chi connectivity index (χ2v) is 6.19. The van der Waals surface area contributed by atoms with Crippen LogP contribution in [0.15, 0.2) is 0 Å². The van der Waals surface area contributed by atoms with Gasteiger partial charge in [-0.1, -0.05) is 28.2 Å². The zero-order valence-corrected chi connectivity index (χ0v) is 10.9. The molecule has 0 heterocycles. The van der Waals surface area contributed by atoms with E-state index in [1.54, 1.807) is 0 Å². The Morgan fingerprint density at radius 3 is 1.40 bits per heavy atom. The quantitative estimate of drug-likeness (QED) is 0.653. The van der Waals surface area contributed by atoms with Crippen molar-refractivity contribution in [3.8, 4) is 0 Å². The van der Waals surface area contributed by atoms with E-state index in [4.69, 9.17) is 0 Å². The van der Waals surface area contributed by atoms with E-state index in [0.29, 0.717) is 0 Å². The molecule has 0 aliphatic rings. The van der Waals surface area contributed by atoms with Crippen LogP contribution in [0.4, 0.5) is 0 Å². The van der Waals surface area contributed by atoms with Gasteiger partial charge >= 0.3 is 0 Å². The molecule has 92 valence electrons. The van der Waals surface area contributed by atoms with Gasteiger partial charge in [-0.2, -0.15) is 0 Å². The number of amides is 1. The summed E-state index contributed by atoms with van der Waals surface area (Å²) in [5.41, 5.74) is -0.393. The largest absolute Gasteiger partial charge is 0.335 e. The molecule has 0 aliphatic heterocycles. The Morgan fingerprint density at radius 2 is 1.33 bits per heavy atom. The summed E-state index contributed by atoms with van der Waals surface area (Å²) in [6, 6.07) is 0.252. The number of hydrogen-bond donors (Lipinski definition) is 0. The van der Waals surface area contributed by atoms with Gasteiger partial charge < -0.3 is 4.90 Å². The molecule has 0 bridgehead atoms. The van der Waals surface area contributed by atoms with E-state index in [-0.39, 0.29) is 30.3 Å². The molecule has 0 atom stereocenters. The first-order valence-electron chi connectivity index (χ1n) is 5.31. The average Bonchev–Trinajstić information content (AvgIpc) is 1.79. The molecule has 0 spiro atoms. The third-order valence-corrected chi connectivity index (χ3v) is 2.10. The van der Waals surface area contributed by atoms with Crippen molar-refractivity contribution in [2.24, 2.45) is 5.41 Å². The van der Waals surface area contributed by atoms with Crippen LogP contribution < -0.4 is 0 Å². The predicted molar refractivity (Wildman–Crippen MR) is 67.9 cm³/mol. The lowest BCUT2D eigenvalue weighted by Crippen LogP contribution is -2.53. The van der Waals surface area contributed by atoms with Crippen molar-refractivity contribution in [3.63, 3.8) is 0 Å². The smallest absolute Gasteiger partial charge is 0.228 e. The topological polar surface area (TPSA) is 20.3 Å². The maximum absolute atomic E-state index is 12.2. The summed E-state index contributed by atoms with van der Waals surface area (Å²) in [7, 11) is 0. The highest BCUT2D eigenvalue weighted by atomic mass is 16.2. The van der Waals surface area contributed by atoms with E-state index < -0.39 is 0 Å². The highest BCUT2D eigenvalue weighted by Crippen LogP contribution is 2.25. The molecule has 2 heteroatoms. The van der Waals surface area contributed by atoms with Gasteiger partial charge in [-0.15, -0.1) is 0 Å². The van der Waals surface area contributed by atoms with Crippen LogP contribution in [0.25, 0.3) is 0 Å². The maximum atomic E-state index is 12.2. The van der Waals surface area contributed by atoms with Crippen molar-refractivity contribution in [3.05, 3.63) is 0 Å². The molecule has 0 N–H and O–H groups in total. The van der Waals surface area contributed by atoms with Gasteiger partial charge in [0.2, 0.25) is 5.91 Å². The fourth-order valence-electron chi connectivity index (χ4n) is 1.68. The third-order valence-electron chi connectivity index (χ3n) is 2.10. The van der Waals surface area contributed by atoms with Crippen molar-refractivity contribution in [2.75, 3.05) is 0 Å². The number of nitrogens with zero attached hydrogens (tertiary/aromatic N) is 1. The lowest BCUT2D eigenvalue weighted by Gasteiger charge is -2.42. The Hall–Kier alpha value is -0.530. The first kappa shape index (κ1) is 16.9. The van der Waals surface area contributed by atoms with E-state index in [2.05, 4.69) is 34.6 Å². The van der Waals surface area contributed by atoms with E-state index in [9.17, 15) is 4.79 Å². The van der Waals surface area contributed by atoms with Crippen molar-refractivity contribution >= 4 is 5.91 Å². The molecule has 0 unspecified atom stereocenters. The molecule has 2 nitrogen and oxygen atoms in total. The summed E-state index contributed by atoms with van der Waals surface area (Å²) >= 11 is 0. The van der Waals surface area contributed by atoms with E-state index in [1.165, 1.54) is 0 Å². The molecular formula is C13H29NO. The van der Waals surface area contributed by atoms with Gasteiger partial charge in [0.25, 0.3) is 0 Å². The molecule has 0 aromatic heterocycles. The standard InChI is InChI=1S/C12H25NO.CH4/c1-9(2)13(12(6,7)8)10(14)11(3,4)5;/h9H,1-8H3;1H4. The van der Waals surface area contributed by atoms with Crippen LogP contribution in [0.5, 0.6) is 0 Å². The third kappa shape index (κ3) is 4.67. The Bertz CT molecular complexity index is 206. The normalized spacial score (nSPS) is 12.3. The molecular weight excluding hydrogens is 186 g/mol. The lowest BCUT2D eigenvalue weighted by atomic mass is 9.90. The zero-order chi connectivity index (χ0) is 11.7. The highest BCUT2D eigenvalue weighted by molar-refractivity contribution is 5.82. The number of hydrogen-bond acceptors (Lipinski definition) is 1. The molecule has 0 fully saturated rings. The highest BCUT2D eigenvalue weighted by Gasteiger charge is 2.35.